The van der Waals surface area contributed by atoms with Crippen molar-refractivity contribution in [2.45, 2.75) is 65.1 Å². The van der Waals surface area contributed by atoms with Gasteiger partial charge in [0.15, 0.2) is 5.96 Å². The Balaban J connectivity index is 0.00000280. The van der Waals surface area contributed by atoms with Crippen LogP contribution < -0.4 is 5.32 Å². The van der Waals surface area contributed by atoms with E-state index in [0.717, 1.165) is 81.7 Å². The summed E-state index contributed by atoms with van der Waals surface area (Å²) >= 11 is 1.79. The summed E-state index contributed by atoms with van der Waals surface area (Å²) in [4.78, 5) is 13.1. The minimum atomic E-state index is 0. The molecule has 1 aromatic heterocycles. The molecule has 1 atom stereocenters. The highest BCUT2D eigenvalue weighted by Crippen LogP contribution is 2.19. The predicted octanol–water partition coefficient (Wildman–Crippen LogP) is 3.55. The van der Waals surface area contributed by atoms with E-state index in [1.165, 1.54) is 11.3 Å². The molecular weight excluding hydrogens is 487 g/mol. The highest BCUT2D eigenvalue weighted by molar-refractivity contribution is 14.0. The molecule has 2 aliphatic heterocycles. The fourth-order valence-electron chi connectivity index (χ4n) is 3.75. The van der Waals surface area contributed by atoms with Crippen LogP contribution in [-0.4, -0.2) is 67.4 Å². The van der Waals surface area contributed by atoms with Crippen molar-refractivity contribution in [1.29, 1.82) is 0 Å². The third-order valence-electron chi connectivity index (χ3n) is 5.22. The fourth-order valence-corrected chi connectivity index (χ4v) is 4.67. The van der Waals surface area contributed by atoms with Crippen LogP contribution >= 0.6 is 35.3 Å². The molecule has 0 amide bonds. The number of aliphatic imine (C=N–C) groups is 1. The number of guanidine groups is 1. The number of nitrogens with one attached hydrogen (secondary N) is 1. The number of hydrogen-bond donors (Lipinski definition) is 1. The molecule has 6 nitrogen and oxygen atoms in total. The molecule has 2 aliphatic rings. The highest BCUT2D eigenvalue weighted by atomic mass is 127. The van der Waals surface area contributed by atoms with Crippen LogP contribution in [0.15, 0.2) is 4.99 Å². The Kier molecular flexibility index (Phi) is 10.5. The lowest BCUT2D eigenvalue weighted by atomic mass is 10.1. The van der Waals surface area contributed by atoms with Gasteiger partial charge in [-0.05, 0) is 46.5 Å². The standard InChI is InChI=1S/C20H34N4O2S.HI/c1-4-21-20(22-10-7-19-15(2)23-16(3)27-19)24-11-8-17(9-12-24)26-14-18-6-5-13-25-18;/h17-18H,4-14H2,1-3H3,(H,21,22);1H. The largest absolute Gasteiger partial charge is 0.376 e. The molecule has 3 heterocycles. The number of rotatable bonds is 7. The summed E-state index contributed by atoms with van der Waals surface area (Å²) in [6, 6.07) is 0. The number of hydrogen-bond acceptors (Lipinski definition) is 5. The van der Waals surface area contributed by atoms with Crippen molar-refractivity contribution in [1.82, 2.24) is 15.2 Å². The first-order chi connectivity index (χ1) is 13.2. The van der Waals surface area contributed by atoms with Crippen molar-refractivity contribution < 1.29 is 9.47 Å². The smallest absolute Gasteiger partial charge is 0.193 e. The first kappa shape index (κ1) is 23.8. The second kappa shape index (κ2) is 12.3. The number of thiazole rings is 1. The van der Waals surface area contributed by atoms with E-state index in [9.17, 15) is 0 Å². The van der Waals surface area contributed by atoms with E-state index in [1.54, 1.807) is 11.3 Å². The molecule has 1 N–H and O–H groups in total. The van der Waals surface area contributed by atoms with Gasteiger partial charge in [0.05, 0.1) is 29.5 Å². The van der Waals surface area contributed by atoms with Crippen molar-refractivity contribution in [3.05, 3.63) is 15.6 Å². The Hall–Kier alpha value is -0.450. The van der Waals surface area contributed by atoms with Crippen molar-refractivity contribution in [2.75, 3.05) is 39.4 Å². The van der Waals surface area contributed by atoms with Crippen LogP contribution in [0.5, 0.6) is 0 Å². The molecule has 2 saturated heterocycles. The van der Waals surface area contributed by atoms with Gasteiger partial charge in [0, 0.05) is 44.1 Å². The van der Waals surface area contributed by atoms with Gasteiger partial charge in [0.1, 0.15) is 0 Å². The number of halogens is 1. The van der Waals surface area contributed by atoms with Gasteiger partial charge in [-0.2, -0.15) is 0 Å². The summed E-state index contributed by atoms with van der Waals surface area (Å²) in [6.07, 6.45) is 6.09. The SMILES string of the molecule is CCNC(=NCCc1sc(C)nc1C)N1CCC(OCC2CCCO2)CC1.I. The Morgan fingerprint density at radius 2 is 2.11 bits per heavy atom. The zero-order valence-electron chi connectivity index (χ0n) is 17.4. The molecular formula is C20H35IN4O2S. The first-order valence-corrected chi connectivity index (χ1v) is 11.2. The average molecular weight is 522 g/mol. The van der Waals surface area contributed by atoms with Crippen molar-refractivity contribution in [2.24, 2.45) is 4.99 Å². The fraction of sp³-hybridized carbons (Fsp3) is 0.800. The van der Waals surface area contributed by atoms with E-state index >= 15 is 0 Å². The van der Waals surface area contributed by atoms with Gasteiger partial charge in [-0.25, -0.2) is 4.98 Å². The van der Waals surface area contributed by atoms with Gasteiger partial charge < -0.3 is 19.7 Å². The maximum atomic E-state index is 6.09. The number of aryl methyl sites for hydroxylation is 2. The van der Waals surface area contributed by atoms with Crippen molar-refractivity contribution >= 4 is 41.3 Å². The summed E-state index contributed by atoms with van der Waals surface area (Å²) < 4.78 is 11.7. The zero-order valence-corrected chi connectivity index (χ0v) is 20.6. The van der Waals surface area contributed by atoms with Crippen LogP contribution in [0.25, 0.3) is 0 Å². The van der Waals surface area contributed by atoms with Crippen molar-refractivity contribution in [3.63, 3.8) is 0 Å². The Labute approximate surface area is 190 Å². The van der Waals surface area contributed by atoms with Crippen LogP contribution in [-0.2, 0) is 15.9 Å². The number of ether oxygens (including phenoxy) is 2. The highest BCUT2D eigenvalue weighted by Gasteiger charge is 2.24. The molecule has 0 saturated carbocycles. The Bertz CT molecular complexity index is 611. The van der Waals surface area contributed by atoms with E-state index in [0.29, 0.717) is 12.2 Å². The molecule has 0 radical (unpaired) electrons. The monoisotopic (exact) mass is 522 g/mol. The normalized spacial score (nSPS) is 21.0. The summed E-state index contributed by atoms with van der Waals surface area (Å²) in [5, 5.41) is 4.59. The lowest BCUT2D eigenvalue weighted by Gasteiger charge is -2.34. The first-order valence-electron chi connectivity index (χ1n) is 10.3. The van der Waals surface area contributed by atoms with E-state index in [1.807, 2.05) is 0 Å². The van der Waals surface area contributed by atoms with Crippen LogP contribution in [0.4, 0.5) is 0 Å². The lowest BCUT2D eigenvalue weighted by molar-refractivity contribution is -0.0367. The lowest BCUT2D eigenvalue weighted by Crippen LogP contribution is -2.47. The molecule has 0 aromatic carbocycles. The Morgan fingerprint density at radius 1 is 1.32 bits per heavy atom. The van der Waals surface area contributed by atoms with E-state index in [-0.39, 0.29) is 24.0 Å². The third kappa shape index (κ3) is 7.11. The van der Waals surface area contributed by atoms with Gasteiger partial charge >= 0.3 is 0 Å². The van der Waals surface area contributed by atoms with E-state index < -0.39 is 0 Å². The number of aromatic nitrogens is 1. The molecule has 160 valence electrons. The average Bonchev–Trinajstić information content (AvgIpc) is 3.29. The molecule has 8 heteroatoms. The molecule has 2 fully saturated rings. The maximum absolute atomic E-state index is 6.09. The molecule has 3 rings (SSSR count). The van der Waals surface area contributed by atoms with Gasteiger partial charge in [0.2, 0.25) is 0 Å². The van der Waals surface area contributed by atoms with E-state index in [4.69, 9.17) is 14.5 Å². The summed E-state index contributed by atoms with van der Waals surface area (Å²) in [6.45, 7) is 11.6. The molecule has 1 aromatic rings. The number of piperidine rings is 1. The van der Waals surface area contributed by atoms with E-state index in [2.05, 4.69) is 36.0 Å². The van der Waals surface area contributed by atoms with Crippen LogP contribution in [0, 0.1) is 13.8 Å². The third-order valence-corrected chi connectivity index (χ3v) is 6.35. The summed E-state index contributed by atoms with van der Waals surface area (Å²) in [5.74, 6) is 1.04. The van der Waals surface area contributed by atoms with Crippen LogP contribution in [0.2, 0.25) is 0 Å². The second-order valence-electron chi connectivity index (χ2n) is 7.38. The van der Waals surface area contributed by atoms with Crippen LogP contribution in [0.3, 0.4) is 0 Å². The second-order valence-corrected chi connectivity index (χ2v) is 8.67. The maximum Gasteiger partial charge on any atom is 0.193 e. The zero-order chi connectivity index (χ0) is 19.1. The minimum Gasteiger partial charge on any atom is -0.376 e. The Morgan fingerprint density at radius 3 is 2.71 bits per heavy atom. The molecule has 0 aliphatic carbocycles. The quantitative estimate of drug-likeness (QED) is 0.337. The molecule has 1 unspecified atom stereocenters. The topological polar surface area (TPSA) is 59.0 Å². The number of likely N-dealkylation sites (tertiary alicyclic amines) is 1. The summed E-state index contributed by atoms with van der Waals surface area (Å²) in [7, 11) is 0. The van der Waals surface area contributed by atoms with Gasteiger partial charge in [-0.15, -0.1) is 35.3 Å². The molecule has 28 heavy (non-hydrogen) atoms. The van der Waals surface area contributed by atoms with Gasteiger partial charge in [-0.1, -0.05) is 0 Å². The summed E-state index contributed by atoms with van der Waals surface area (Å²) in [5.41, 5.74) is 1.15. The predicted molar refractivity (Wildman–Crippen MR) is 126 cm³/mol. The van der Waals surface area contributed by atoms with Crippen LogP contribution in [0.1, 0.15) is 48.2 Å². The molecule has 0 bridgehead atoms. The van der Waals surface area contributed by atoms with Gasteiger partial charge in [-0.3, -0.25) is 4.99 Å². The minimum absolute atomic E-state index is 0. The van der Waals surface area contributed by atoms with Gasteiger partial charge in [0.25, 0.3) is 0 Å². The molecule has 0 spiro atoms. The van der Waals surface area contributed by atoms with Crippen molar-refractivity contribution in [3.8, 4) is 0 Å². The number of nitrogens with zero attached hydrogens (tertiary/aromatic N) is 3.